The van der Waals surface area contributed by atoms with Crippen LogP contribution in [-0.4, -0.2) is 29.6 Å². The maximum absolute atomic E-state index is 9.82. The molecule has 2 N–H and O–H groups in total. The number of aliphatic hydroxyl groups is 2. The maximum atomic E-state index is 9.82. The van der Waals surface area contributed by atoms with Gasteiger partial charge in [-0.1, -0.05) is 0 Å². The third-order valence-electron chi connectivity index (χ3n) is 0.348. The van der Waals surface area contributed by atoms with E-state index < -0.39 is 6.79 Å². The molecule has 56 valence electrons. The van der Waals surface area contributed by atoms with Gasteiger partial charge in [-0.15, -0.1) is 0 Å². The van der Waals surface area contributed by atoms with Crippen molar-refractivity contribution < 1.29 is 19.7 Å². The van der Waals surface area contributed by atoms with Gasteiger partial charge in [0.15, 0.2) is 0 Å². The van der Waals surface area contributed by atoms with Crippen LogP contribution in [0.15, 0.2) is 0 Å². The number of carbonyl (C=O) groups excluding carboxylic acids is 1. The van der Waals surface area contributed by atoms with Gasteiger partial charge in [0.2, 0.25) is 0 Å². The van der Waals surface area contributed by atoms with Crippen LogP contribution in [0.2, 0.25) is 0 Å². The summed E-state index contributed by atoms with van der Waals surface area (Å²) in [5.74, 6) is -0.211. The van der Waals surface area contributed by atoms with E-state index in [0.29, 0.717) is 6.61 Å². The van der Waals surface area contributed by atoms with Crippen molar-refractivity contribution in [1.29, 1.82) is 0 Å². The van der Waals surface area contributed by atoms with E-state index in [1.807, 2.05) is 0 Å². The zero-order valence-corrected chi connectivity index (χ0v) is 5.63. The van der Waals surface area contributed by atoms with Crippen molar-refractivity contribution in [2.24, 2.45) is 0 Å². The lowest BCUT2D eigenvalue weighted by Crippen LogP contribution is -1.95. The number of ether oxygens (including phenoxy) is 1. The largest absolute Gasteiger partial charge is 0.466 e. The smallest absolute Gasteiger partial charge is 0.302 e. The summed E-state index contributed by atoms with van der Waals surface area (Å²) in [5, 5.41) is 14.2. The van der Waals surface area contributed by atoms with Crippen LogP contribution in [0.1, 0.15) is 13.8 Å². The molecular formula is C5H12O4. The first-order valence-electron chi connectivity index (χ1n) is 2.54. The fourth-order valence-electron chi connectivity index (χ4n) is 0.203. The molecule has 0 atom stereocenters. The van der Waals surface area contributed by atoms with Gasteiger partial charge in [0.25, 0.3) is 0 Å². The monoisotopic (exact) mass is 136 g/mol. The van der Waals surface area contributed by atoms with Gasteiger partial charge < -0.3 is 14.9 Å². The number of rotatable bonds is 1. The Labute approximate surface area is 54.1 Å². The summed E-state index contributed by atoms with van der Waals surface area (Å²) in [6, 6.07) is 0. The highest BCUT2D eigenvalue weighted by Gasteiger charge is 1.81. The Kier molecular flexibility index (Phi) is 13.0. The van der Waals surface area contributed by atoms with Crippen molar-refractivity contribution in [2.45, 2.75) is 13.8 Å². The van der Waals surface area contributed by atoms with E-state index in [0.717, 1.165) is 0 Å². The Morgan fingerprint density at radius 2 is 1.89 bits per heavy atom. The molecule has 0 spiro atoms. The van der Waals surface area contributed by atoms with E-state index in [9.17, 15) is 4.79 Å². The summed E-state index contributed by atoms with van der Waals surface area (Å²) in [6.45, 7) is 2.90. The number of hydrogen-bond acceptors (Lipinski definition) is 4. The summed E-state index contributed by atoms with van der Waals surface area (Å²) in [6.07, 6.45) is 0. The highest BCUT2D eigenvalue weighted by atomic mass is 16.5. The Bertz CT molecular complexity index is 62.0. The van der Waals surface area contributed by atoms with Crippen molar-refractivity contribution in [2.75, 3.05) is 13.4 Å². The molecule has 4 heteroatoms. The number of carbonyl (C=O) groups is 1. The first-order valence-corrected chi connectivity index (χ1v) is 2.54. The van der Waals surface area contributed by atoms with Crippen LogP contribution in [0.3, 0.4) is 0 Å². The summed E-state index contributed by atoms with van der Waals surface area (Å²) in [4.78, 5) is 9.82. The molecule has 0 amide bonds. The van der Waals surface area contributed by atoms with E-state index in [4.69, 9.17) is 10.2 Å². The number of esters is 1. The predicted molar refractivity (Wildman–Crippen MR) is 31.6 cm³/mol. The average molecular weight is 136 g/mol. The predicted octanol–water partition coefficient (Wildman–Crippen LogP) is -0.502. The van der Waals surface area contributed by atoms with Crippen LogP contribution in [0.25, 0.3) is 0 Å². The minimum atomic E-state index is -0.750. The minimum absolute atomic E-state index is 0.211. The van der Waals surface area contributed by atoms with Crippen LogP contribution in [0.4, 0.5) is 0 Å². The van der Waals surface area contributed by atoms with Crippen molar-refractivity contribution >= 4 is 5.97 Å². The first kappa shape index (κ1) is 11.2. The first-order chi connectivity index (χ1) is 4.18. The van der Waals surface area contributed by atoms with E-state index >= 15 is 0 Å². The molecule has 0 rings (SSSR count). The molecule has 4 nitrogen and oxygen atoms in total. The molecule has 0 aromatic heterocycles. The quantitative estimate of drug-likeness (QED) is 0.376. The van der Waals surface area contributed by atoms with Crippen LogP contribution < -0.4 is 0 Å². The molecule has 0 radical (unpaired) electrons. The normalized spacial score (nSPS) is 7.11. The summed E-state index contributed by atoms with van der Waals surface area (Å²) >= 11 is 0. The van der Waals surface area contributed by atoms with Gasteiger partial charge in [-0.2, -0.15) is 0 Å². The number of aliphatic hydroxyl groups excluding tert-OH is 1. The summed E-state index contributed by atoms with van der Waals surface area (Å²) < 4.78 is 4.40. The van der Waals surface area contributed by atoms with E-state index in [1.54, 1.807) is 6.92 Å². The highest BCUT2D eigenvalue weighted by Crippen LogP contribution is 1.69. The maximum Gasteiger partial charge on any atom is 0.302 e. The molecule has 0 bridgehead atoms. The molecule has 0 fully saturated rings. The molecule has 0 heterocycles. The lowest BCUT2D eigenvalue weighted by Gasteiger charge is -1.89. The van der Waals surface area contributed by atoms with Crippen molar-refractivity contribution in [3.05, 3.63) is 0 Å². The van der Waals surface area contributed by atoms with Crippen molar-refractivity contribution in [1.82, 2.24) is 0 Å². The zero-order valence-electron chi connectivity index (χ0n) is 5.63. The third-order valence-corrected chi connectivity index (χ3v) is 0.348. The Hall–Kier alpha value is -0.610. The van der Waals surface area contributed by atoms with Crippen molar-refractivity contribution in [3.8, 4) is 0 Å². The Morgan fingerprint density at radius 3 is 1.89 bits per heavy atom. The van der Waals surface area contributed by atoms with Gasteiger partial charge in [0, 0.05) is 6.92 Å². The van der Waals surface area contributed by atoms with E-state index in [-0.39, 0.29) is 5.97 Å². The molecule has 0 aliphatic carbocycles. The van der Waals surface area contributed by atoms with E-state index in [2.05, 4.69) is 4.74 Å². The number of hydrogen-bond donors (Lipinski definition) is 2. The molecule has 0 saturated heterocycles. The molecule has 0 aliphatic rings. The van der Waals surface area contributed by atoms with Crippen molar-refractivity contribution in [3.63, 3.8) is 0 Å². The van der Waals surface area contributed by atoms with Gasteiger partial charge >= 0.3 is 5.97 Å². The van der Waals surface area contributed by atoms with Gasteiger partial charge in [0.05, 0.1) is 6.61 Å². The second-order valence-corrected chi connectivity index (χ2v) is 1.07. The third kappa shape index (κ3) is 37.6. The molecule has 9 heavy (non-hydrogen) atoms. The minimum Gasteiger partial charge on any atom is -0.466 e. The fourth-order valence-corrected chi connectivity index (χ4v) is 0.203. The second-order valence-electron chi connectivity index (χ2n) is 1.07. The fraction of sp³-hybridized carbons (Fsp3) is 0.800. The van der Waals surface area contributed by atoms with E-state index in [1.165, 1.54) is 6.92 Å². The average Bonchev–Trinajstić information content (AvgIpc) is 1.67. The van der Waals surface area contributed by atoms with Gasteiger partial charge in [-0.05, 0) is 6.92 Å². The Morgan fingerprint density at radius 1 is 1.56 bits per heavy atom. The molecule has 0 aromatic carbocycles. The van der Waals surface area contributed by atoms with Crippen LogP contribution in [-0.2, 0) is 9.53 Å². The summed E-state index contributed by atoms with van der Waals surface area (Å²) in [7, 11) is 0. The summed E-state index contributed by atoms with van der Waals surface area (Å²) in [5.41, 5.74) is 0. The zero-order chi connectivity index (χ0) is 7.70. The standard InChI is InChI=1S/C4H8O2.CH4O2/c1-3-6-4(2)5;2-1-3/h3H2,1-2H3;2-3H,1H2. The second kappa shape index (κ2) is 10.4. The molecule has 0 unspecified atom stereocenters. The van der Waals surface area contributed by atoms with Gasteiger partial charge in [-0.25, -0.2) is 0 Å². The SMILES string of the molecule is CCOC(C)=O.OCO. The topological polar surface area (TPSA) is 66.8 Å². The van der Waals surface area contributed by atoms with Gasteiger partial charge in [-0.3, -0.25) is 4.79 Å². The molecular weight excluding hydrogens is 124 g/mol. The van der Waals surface area contributed by atoms with Gasteiger partial charge in [0.1, 0.15) is 6.79 Å². The lowest BCUT2D eigenvalue weighted by atomic mass is 10.8. The van der Waals surface area contributed by atoms with Crippen LogP contribution in [0.5, 0.6) is 0 Å². The molecule has 0 saturated carbocycles. The Balaban J connectivity index is 0. The highest BCUT2D eigenvalue weighted by molar-refractivity contribution is 5.65. The molecule has 0 aromatic rings. The lowest BCUT2D eigenvalue weighted by molar-refractivity contribution is -0.140. The van der Waals surface area contributed by atoms with Crippen LogP contribution in [0, 0.1) is 0 Å². The molecule has 0 aliphatic heterocycles. The van der Waals surface area contributed by atoms with Crippen LogP contribution >= 0.6 is 0 Å².